The van der Waals surface area contributed by atoms with Crippen LogP contribution >= 0.6 is 11.8 Å². The van der Waals surface area contributed by atoms with Crippen molar-refractivity contribution in [2.75, 3.05) is 0 Å². The van der Waals surface area contributed by atoms with Gasteiger partial charge in [-0.15, -0.1) is 0 Å². The molecule has 0 saturated heterocycles. The van der Waals surface area contributed by atoms with Crippen LogP contribution in [0, 0.1) is 12.8 Å². The van der Waals surface area contributed by atoms with E-state index in [2.05, 4.69) is 16.9 Å². The molecule has 0 spiro atoms. The molecule has 0 radical (unpaired) electrons. The Labute approximate surface area is 111 Å². The molecule has 1 aromatic rings. The highest BCUT2D eigenvalue weighted by molar-refractivity contribution is 7.99. The van der Waals surface area contributed by atoms with Crippen LogP contribution in [0.5, 0.6) is 0 Å². The number of aromatic carboxylic acids is 1. The molecule has 1 aliphatic carbocycles. The first kappa shape index (κ1) is 13.3. The average molecular weight is 266 g/mol. The minimum Gasteiger partial charge on any atom is -0.477 e. The molecule has 0 amide bonds. The Morgan fingerprint density at radius 1 is 1.44 bits per heavy atom. The van der Waals surface area contributed by atoms with E-state index in [0.29, 0.717) is 16.1 Å². The van der Waals surface area contributed by atoms with Crippen LogP contribution in [0.3, 0.4) is 0 Å². The molecule has 1 fully saturated rings. The van der Waals surface area contributed by atoms with Gasteiger partial charge < -0.3 is 5.11 Å². The fourth-order valence-corrected chi connectivity index (χ4v) is 3.69. The van der Waals surface area contributed by atoms with Crippen molar-refractivity contribution in [1.29, 1.82) is 0 Å². The second-order valence-electron chi connectivity index (χ2n) is 4.99. The summed E-state index contributed by atoms with van der Waals surface area (Å²) in [7, 11) is 0. The number of carbonyl (C=O) groups is 1. The number of carboxylic acids is 1. The highest BCUT2D eigenvalue weighted by Gasteiger charge is 2.21. The van der Waals surface area contributed by atoms with Crippen molar-refractivity contribution in [1.82, 2.24) is 9.97 Å². The third kappa shape index (κ3) is 3.45. The fraction of sp³-hybridized carbons (Fsp3) is 0.615. The summed E-state index contributed by atoms with van der Waals surface area (Å²) in [6.07, 6.45) is 4.89. The van der Waals surface area contributed by atoms with Gasteiger partial charge in [0.05, 0.1) is 0 Å². The van der Waals surface area contributed by atoms with Gasteiger partial charge >= 0.3 is 5.97 Å². The van der Waals surface area contributed by atoms with Crippen LogP contribution in [0.4, 0.5) is 0 Å². The van der Waals surface area contributed by atoms with Crippen LogP contribution in [-0.4, -0.2) is 26.3 Å². The summed E-state index contributed by atoms with van der Waals surface area (Å²) in [4.78, 5) is 19.4. The quantitative estimate of drug-likeness (QED) is 0.851. The van der Waals surface area contributed by atoms with Gasteiger partial charge in [-0.2, -0.15) is 0 Å². The lowest BCUT2D eigenvalue weighted by Gasteiger charge is -2.25. The van der Waals surface area contributed by atoms with Crippen LogP contribution < -0.4 is 0 Å². The van der Waals surface area contributed by atoms with E-state index < -0.39 is 5.97 Å². The van der Waals surface area contributed by atoms with Gasteiger partial charge in [0, 0.05) is 10.9 Å². The minimum atomic E-state index is -0.987. The number of carboxylic acid groups (broad SMARTS) is 1. The maximum Gasteiger partial charge on any atom is 0.354 e. The number of hydrogen-bond donors (Lipinski definition) is 1. The molecule has 4 nitrogen and oxygen atoms in total. The molecule has 1 aliphatic rings. The monoisotopic (exact) mass is 266 g/mol. The van der Waals surface area contributed by atoms with Gasteiger partial charge in [0.15, 0.2) is 10.9 Å². The lowest BCUT2D eigenvalue weighted by molar-refractivity contribution is 0.0689. The Bertz CT molecular complexity index is 451. The molecular formula is C13H18N2O2S. The van der Waals surface area contributed by atoms with Gasteiger partial charge in [0.1, 0.15) is 0 Å². The van der Waals surface area contributed by atoms with Crippen LogP contribution in [0.25, 0.3) is 0 Å². The molecule has 18 heavy (non-hydrogen) atoms. The zero-order valence-corrected chi connectivity index (χ0v) is 11.5. The van der Waals surface area contributed by atoms with Crippen LogP contribution in [0.1, 0.15) is 48.8 Å². The highest BCUT2D eigenvalue weighted by Crippen LogP contribution is 2.34. The summed E-state index contributed by atoms with van der Waals surface area (Å²) in [5.74, 6) is -0.237. The number of aryl methyl sites for hydroxylation is 1. The Morgan fingerprint density at radius 2 is 2.22 bits per heavy atom. The lowest BCUT2D eigenvalue weighted by atomic mass is 9.91. The summed E-state index contributed by atoms with van der Waals surface area (Å²) in [5, 5.41) is 10.1. The van der Waals surface area contributed by atoms with Crippen molar-refractivity contribution >= 4 is 17.7 Å². The zero-order chi connectivity index (χ0) is 13.1. The van der Waals surface area contributed by atoms with Crippen molar-refractivity contribution in [3.63, 3.8) is 0 Å². The molecule has 0 bridgehead atoms. The number of rotatable bonds is 3. The first-order chi connectivity index (χ1) is 8.54. The minimum absolute atomic E-state index is 0.0915. The molecule has 5 heteroatoms. The maximum absolute atomic E-state index is 11.0. The molecule has 1 saturated carbocycles. The smallest absolute Gasteiger partial charge is 0.354 e. The Kier molecular flexibility index (Phi) is 4.22. The van der Waals surface area contributed by atoms with Gasteiger partial charge in [0.25, 0.3) is 0 Å². The van der Waals surface area contributed by atoms with Crippen LogP contribution in [0.15, 0.2) is 11.2 Å². The van der Waals surface area contributed by atoms with Crippen LogP contribution in [0.2, 0.25) is 0 Å². The van der Waals surface area contributed by atoms with E-state index >= 15 is 0 Å². The molecule has 0 aliphatic heterocycles. The molecule has 0 aromatic carbocycles. The standard InChI is InChI=1S/C13H18N2O2S/c1-8-4-3-5-10(6-8)18-13-14-9(2)7-11(15-13)12(16)17/h7-8,10H,3-6H2,1-2H3,(H,16,17). The molecule has 2 rings (SSSR count). The first-order valence-corrected chi connectivity index (χ1v) is 7.18. The Morgan fingerprint density at radius 3 is 2.89 bits per heavy atom. The van der Waals surface area contributed by atoms with Crippen molar-refractivity contribution in [3.05, 3.63) is 17.5 Å². The van der Waals surface area contributed by atoms with Crippen molar-refractivity contribution in [2.45, 2.75) is 49.9 Å². The molecule has 98 valence electrons. The predicted molar refractivity (Wildman–Crippen MR) is 71.0 cm³/mol. The molecule has 1 N–H and O–H groups in total. The summed E-state index contributed by atoms with van der Waals surface area (Å²) in [6.45, 7) is 4.08. The number of nitrogens with zero attached hydrogens (tertiary/aromatic N) is 2. The zero-order valence-electron chi connectivity index (χ0n) is 10.7. The predicted octanol–water partition coefficient (Wildman–Crippen LogP) is 3.15. The molecule has 1 aromatic heterocycles. The molecule has 2 atom stereocenters. The number of hydrogen-bond acceptors (Lipinski definition) is 4. The van der Waals surface area contributed by atoms with E-state index in [1.54, 1.807) is 11.8 Å². The van der Waals surface area contributed by atoms with Gasteiger partial charge in [-0.1, -0.05) is 31.5 Å². The van der Waals surface area contributed by atoms with Gasteiger partial charge in [0.2, 0.25) is 0 Å². The number of thioether (sulfide) groups is 1. The van der Waals surface area contributed by atoms with Crippen LogP contribution in [-0.2, 0) is 0 Å². The summed E-state index contributed by atoms with van der Waals surface area (Å²) < 4.78 is 0. The van der Waals surface area contributed by atoms with E-state index in [-0.39, 0.29) is 5.69 Å². The molecular weight excluding hydrogens is 248 g/mol. The van der Waals surface area contributed by atoms with Crippen molar-refractivity contribution < 1.29 is 9.90 Å². The third-order valence-corrected chi connectivity index (χ3v) is 4.37. The van der Waals surface area contributed by atoms with E-state index in [1.807, 2.05) is 6.92 Å². The maximum atomic E-state index is 11.0. The summed E-state index contributed by atoms with van der Waals surface area (Å²) in [6, 6.07) is 1.51. The Hall–Kier alpha value is -1.10. The molecule has 2 unspecified atom stereocenters. The van der Waals surface area contributed by atoms with E-state index in [4.69, 9.17) is 5.11 Å². The average Bonchev–Trinajstić information content (AvgIpc) is 2.28. The molecule has 1 heterocycles. The topological polar surface area (TPSA) is 63.1 Å². The van der Waals surface area contributed by atoms with Gasteiger partial charge in [-0.3, -0.25) is 0 Å². The van der Waals surface area contributed by atoms with Gasteiger partial charge in [-0.25, -0.2) is 14.8 Å². The Balaban J connectivity index is 2.10. The SMILES string of the molecule is Cc1cc(C(=O)O)nc(SC2CCCC(C)C2)n1. The fourth-order valence-electron chi connectivity index (χ4n) is 2.34. The summed E-state index contributed by atoms with van der Waals surface area (Å²) >= 11 is 1.63. The van der Waals surface area contributed by atoms with Crippen molar-refractivity contribution in [3.8, 4) is 0 Å². The van der Waals surface area contributed by atoms with Crippen molar-refractivity contribution in [2.24, 2.45) is 5.92 Å². The normalized spacial score (nSPS) is 23.9. The van der Waals surface area contributed by atoms with E-state index in [0.717, 1.165) is 5.92 Å². The lowest BCUT2D eigenvalue weighted by Crippen LogP contribution is -2.16. The second kappa shape index (κ2) is 5.69. The third-order valence-electron chi connectivity index (χ3n) is 3.21. The van der Waals surface area contributed by atoms with Gasteiger partial charge in [-0.05, 0) is 31.7 Å². The number of aromatic nitrogens is 2. The van der Waals surface area contributed by atoms with E-state index in [9.17, 15) is 4.79 Å². The largest absolute Gasteiger partial charge is 0.477 e. The summed E-state index contributed by atoms with van der Waals surface area (Å²) in [5.41, 5.74) is 0.808. The highest BCUT2D eigenvalue weighted by atomic mass is 32.2. The van der Waals surface area contributed by atoms with E-state index in [1.165, 1.54) is 31.7 Å². The first-order valence-electron chi connectivity index (χ1n) is 6.30. The second-order valence-corrected chi connectivity index (χ2v) is 6.26.